The second-order valence-corrected chi connectivity index (χ2v) is 7.55. The largest absolute Gasteiger partial charge is 0.393 e. The fraction of sp³-hybridized carbons (Fsp3) is 0.938. The third-order valence-corrected chi connectivity index (χ3v) is 5.75. The first-order valence-electron chi connectivity index (χ1n) is 9.19. The number of nitrogens with one attached hydrogen (secondary N) is 3. The molecule has 11 heteroatoms. The highest BCUT2D eigenvalue weighted by molar-refractivity contribution is 5.76. The molecule has 156 valence electrons. The Morgan fingerprint density at radius 3 is 2.22 bits per heavy atom. The van der Waals surface area contributed by atoms with Gasteiger partial charge in [0.1, 0.15) is 0 Å². The van der Waals surface area contributed by atoms with Crippen molar-refractivity contribution in [3.8, 4) is 0 Å². The van der Waals surface area contributed by atoms with Gasteiger partial charge in [-0.2, -0.15) is 26.3 Å². The third kappa shape index (κ3) is 4.86. The summed E-state index contributed by atoms with van der Waals surface area (Å²) in [5, 5.41) is 8.78. The van der Waals surface area contributed by atoms with E-state index in [1.54, 1.807) is 4.90 Å². The van der Waals surface area contributed by atoms with Gasteiger partial charge in [0.15, 0.2) is 0 Å². The number of amides is 1. The number of hydrogen-bond donors (Lipinski definition) is 3. The summed E-state index contributed by atoms with van der Waals surface area (Å²) in [6.45, 7) is 2.56. The van der Waals surface area contributed by atoms with Gasteiger partial charge >= 0.3 is 12.4 Å². The summed E-state index contributed by atoms with van der Waals surface area (Å²) < 4.78 is 79.1. The van der Waals surface area contributed by atoms with Crippen LogP contribution >= 0.6 is 0 Å². The van der Waals surface area contributed by atoms with Crippen molar-refractivity contribution in [1.29, 1.82) is 0 Å². The molecule has 2 saturated heterocycles. The molecule has 0 aromatic carbocycles. The van der Waals surface area contributed by atoms with Crippen LogP contribution in [0.15, 0.2) is 0 Å². The number of carbonyl (C=O) groups is 1. The Morgan fingerprint density at radius 2 is 1.63 bits per heavy atom. The van der Waals surface area contributed by atoms with Crippen LogP contribution in [0.1, 0.15) is 25.7 Å². The zero-order valence-corrected chi connectivity index (χ0v) is 14.7. The molecule has 3 fully saturated rings. The number of fused-ring (bicyclic) bond motifs is 1. The van der Waals surface area contributed by atoms with Gasteiger partial charge in [0.25, 0.3) is 0 Å². The molecule has 27 heavy (non-hydrogen) atoms. The van der Waals surface area contributed by atoms with E-state index in [-0.39, 0.29) is 25.2 Å². The first kappa shape index (κ1) is 20.7. The molecule has 3 N–H and O–H groups in total. The quantitative estimate of drug-likeness (QED) is 0.628. The fourth-order valence-corrected chi connectivity index (χ4v) is 4.34. The molecule has 0 aromatic heterocycles. The second kappa shape index (κ2) is 7.75. The van der Waals surface area contributed by atoms with Gasteiger partial charge in [0, 0.05) is 44.7 Å². The Labute approximate surface area is 153 Å². The molecule has 1 amide bonds. The van der Waals surface area contributed by atoms with E-state index in [0.29, 0.717) is 26.2 Å². The molecule has 5 unspecified atom stereocenters. The minimum atomic E-state index is -4.70. The summed E-state index contributed by atoms with van der Waals surface area (Å²) in [7, 11) is 0. The van der Waals surface area contributed by atoms with Crippen molar-refractivity contribution in [2.75, 3.05) is 26.2 Å². The maximum atomic E-state index is 13.3. The Hall–Kier alpha value is -1.07. The zero-order valence-electron chi connectivity index (χ0n) is 14.7. The standard InChI is InChI=1S/C16H24F6N4O/c17-15(18,19)9-7-10(16(20,21)22)14-11(8-9)24-12(25-14)1-2-13(27)26-5-3-23-4-6-26/h9-12,14,23-25H,1-8H2. The molecule has 2 aliphatic heterocycles. The fourth-order valence-electron chi connectivity index (χ4n) is 4.34. The smallest absolute Gasteiger partial charge is 0.340 e. The number of hydrogen-bond acceptors (Lipinski definition) is 4. The van der Waals surface area contributed by atoms with E-state index in [4.69, 9.17) is 0 Å². The molecule has 3 rings (SSSR count). The van der Waals surface area contributed by atoms with Crippen LogP contribution < -0.4 is 16.0 Å². The highest BCUT2D eigenvalue weighted by atomic mass is 19.4. The number of carbonyl (C=O) groups excluding carboxylic acids is 1. The molecule has 2 heterocycles. The van der Waals surface area contributed by atoms with Crippen molar-refractivity contribution in [3.63, 3.8) is 0 Å². The van der Waals surface area contributed by atoms with Crippen LogP contribution in [0.2, 0.25) is 0 Å². The van der Waals surface area contributed by atoms with Crippen LogP contribution in [0, 0.1) is 11.8 Å². The summed E-state index contributed by atoms with van der Waals surface area (Å²) in [5.74, 6) is -4.11. The molecule has 0 spiro atoms. The third-order valence-electron chi connectivity index (χ3n) is 5.75. The van der Waals surface area contributed by atoms with Gasteiger partial charge in [0.2, 0.25) is 5.91 Å². The molecule has 5 nitrogen and oxygen atoms in total. The van der Waals surface area contributed by atoms with Crippen molar-refractivity contribution in [2.24, 2.45) is 11.8 Å². The zero-order chi connectivity index (χ0) is 19.8. The summed E-state index contributed by atoms with van der Waals surface area (Å²) in [6.07, 6.45) is -10.9. The molecule has 1 saturated carbocycles. The van der Waals surface area contributed by atoms with Crippen molar-refractivity contribution in [1.82, 2.24) is 20.9 Å². The Kier molecular flexibility index (Phi) is 5.93. The van der Waals surface area contributed by atoms with Gasteiger partial charge in [-0.05, 0) is 19.3 Å². The molecule has 1 aliphatic carbocycles. The van der Waals surface area contributed by atoms with E-state index in [2.05, 4.69) is 16.0 Å². The predicted molar refractivity (Wildman–Crippen MR) is 84.6 cm³/mol. The molecular formula is C16H24F6N4O. The van der Waals surface area contributed by atoms with E-state index in [9.17, 15) is 31.1 Å². The lowest BCUT2D eigenvalue weighted by molar-refractivity contribution is -0.228. The van der Waals surface area contributed by atoms with E-state index in [1.807, 2.05) is 0 Å². The van der Waals surface area contributed by atoms with Crippen molar-refractivity contribution >= 4 is 5.91 Å². The average Bonchev–Trinajstić information content (AvgIpc) is 3.00. The second-order valence-electron chi connectivity index (χ2n) is 7.55. The highest BCUT2D eigenvalue weighted by Gasteiger charge is 2.58. The van der Waals surface area contributed by atoms with E-state index in [0.717, 1.165) is 0 Å². The summed E-state index contributed by atoms with van der Waals surface area (Å²) in [5.41, 5.74) is 0. The van der Waals surface area contributed by atoms with Gasteiger partial charge in [-0.3, -0.25) is 15.4 Å². The monoisotopic (exact) mass is 402 g/mol. The van der Waals surface area contributed by atoms with E-state index in [1.165, 1.54) is 0 Å². The Morgan fingerprint density at radius 1 is 0.963 bits per heavy atom. The van der Waals surface area contributed by atoms with E-state index < -0.39 is 48.9 Å². The first-order valence-corrected chi connectivity index (χ1v) is 9.19. The van der Waals surface area contributed by atoms with Gasteiger partial charge in [-0.1, -0.05) is 0 Å². The van der Waals surface area contributed by atoms with Crippen LogP contribution in [-0.2, 0) is 4.79 Å². The van der Waals surface area contributed by atoms with Crippen LogP contribution in [-0.4, -0.2) is 67.6 Å². The molecule has 5 atom stereocenters. The Balaban J connectivity index is 1.60. The SMILES string of the molecule is O=C(CCC1NC2CC(C(F)(F)F)CC(C(F)(F)F)C2N1)N1CCNCC1. The lowest BCUT2D eigenvalue weighted by Gasteiger charge is -2.39. The van der Waals surface area contributed by atoms with Crippen molar-refractivity contribution < 1.29 is 31.1 Å². The highest BCUT2D eigenvalue weighted by Crippen LogP contribution is 2.47. The number of nitrogens with zero attached hydrogens (tertiary/aromatic N) is 1. The topological polar surface area (TPSA) is 56.4 Å². The minimum Gasteiger partial charge on any atom is -0.340 e. The number of halogens is 6. The van der Waals surface area contributed by atoms with Crippen LogP contribution in [0.4, 0.5) is 26.3 Å². The lowest BCUT2D eigenvalue weighted by Crippen LogP contribution is -2.53. The lowest BCUT2D eigenvalue weighted by atomic mass is 9.75. The van der Waals surface area contributed by atoms with Crippen molar-refractivity contribution in [3.05, 3.63) is 0 Å². The van der Waals surface area contributed by atoms with Gasteiger partial charge in [-0.25, -0.2) is 0 Å². The molecule has 3 aliphatic rings. The molecule has 0 aromatic rings. The van der Waals surface area contributed by atoms with Gasteiger partial charge in [0.05, 0.1) is 18.0 Å². The minimum absolute atomic E-state index is 0.0875. The van der Waals surface area contributed by atoms with Gasteiger partial charge in [-0.15, -0.1) is 0 Å². The number of piperazine rings is 1. The van der Waals surface area contributed by atoms with E-state index >= 15 is 0 Å². The molecule has 0 bridgehead atoms. The summed E-state index contributed by atoms with van der Waals surface area (Å²) in [6, 6.07) is -2.00. The van der Waals surface area contributed by atoms with Crippen LogP contribution in [0.3, 0.4) is 0 Å². The normalized spacial score (nSPS) is 35.2. The number of rotatable bonds is 3. The summed E-state index contributed by atoms with van der Waals surface area (Å²) in [4.78, 5) is 13.9. The van der Waals surface area contributed by atoms with Gasteiger partial charge < -0.3 is 10.2 Å². The Bertz CT molecular complexity index is 534. The van der Waals surface area contributed by atoms with Crippen LogP contribution in [0.5, 0.6) is 0 Å². The summed E-state index contributed by atoms with van der Waals surface area (Å²) >= 11 is 0. The molecular weight excluding hydrogens is 378 g/mol. The maximum absolute atomic E-state index is 13.3. The van der Waals surface area contributed by atoms with Crippen molar-refractivity contribution in [2.45, 2.75) is 56.3 Å². The predicted octanol–water partition coefficient (Wildman–Crippen LogP) is 1.61. The average molecular weight is 402 g/mol. The number of alkyl halides is 6. The first-order chi connectivity index (χ1) is 12.6. The molecule has 0 radical (unpaired) electrons. The maximum Gasteiger partial charge on any atom is 0.393 e. The van der Waals surface area contributed by atoms with Crippen LogP contribution in [0.25, 0.3) is 0 Å².